The molecule has 0 fully saturated rings. The van der Waals surface area contributed by atoms with Crippen LogP contribution in [0.25, 0.3) is 6.08 Å². The van der Waals surface area contributed by atoms with E-state index in [0.29, 0.717) is 15.8 Å². The van der Waals surface area contributed by atoms with Crippen LogP contribution in [-0.4, -0.2) is 29.8 Å². The third-order valence-corrected chi connectivity index (χ3v) is 4.49. The molecule has 1 amide bonds. The van der Waals surface area contributed by atoms with Gasteiger partial charge in [-0.25, -0.2) is 0 Å². The molecule has 0 aliphatic carbocycles. The second kappa shape index (κ2) is 9.35. The summed E-state index contributed by atoms with van der Waals surface area (Å²) in [4.78, 5) is 23.5. The molecule has 0 N–H and O–H groups in total. The van der Waals surface area contributed by atoms with Crippen LogP contribution in [0.2, 0.25) is 5.02 Å². The number of nitro groups is 1. The number of carbonyl (C=O) groups excluding carboxylic acids is 1. The van der Waals surface area contributed by atoms with Crippen molar-refractivity contribution >= 4 is 45.2 Å². The lowest BCUT2D eigenvalue weighted by Crippen LogP contribution is -2.22. The number of hydrogen-bond acceptors (Lipinski definition) is 5. The third-order valence-electron chi connectivity index (χ3n) is 3.62. The van der Waals surface area contributed by atoms with Gasteiger partial charge in [0.05, 0.1) is 14.4 Å². The normalized spacial score (nSPS) is 10.9. The fourth-order valence-corrected chi connectivity index (χ4v) is 3.21. The molecule has 7 nitrogen and oxygen atoms in total. The number of halogens is 2. The highest BCUT2D eigenvalue weighted by atomic mass is 79.9. The van der Waals surface area contributed by atoms with Crippen molar-refractivity contribution in [2.24, 2.45) is 0 Å². The maximum Gasteiger partial charge on any atom is 0.269 e. The Hall–Kier alpha value is -2.89. The van der Waals surface area contributed by atoms with Gasteiger partial charge in [-0.05, 0) is 57.4 Å². The lowest BCUT2D eigenvalue weighted by molar-refractivity contribution is -0.384. The molecule has 0 spiro atoms. The van der Waals surface area contributed by atoms with Crippen molar-refractivity contribution in [3.8, 4) is 11.8 Å². The van der Waals surface area contributed by atoms with Crippen molar-refractivity contribution in [1.29, 1.82) is 5.26 Å². The summed E-state index contributed by atoms with van der Waals surface area (Å²) in [5, 5.41) is 20.2. The second-order valence-electron chi connectivity index (χ2n) is 5.90. The zero-order valence-electron chi connectivity index (χ0n) is 15.0. The Bertz CT molecular complexity index is 959. The van der Waals surface area contributed by atoms with Gasteiger partial charge in [0.1, 0.15) is 18.2 Å². The average molecular weight is 465 g/mol. The van der Waals surface area contributed by atoms with Gasteiger partial charge >= 0.3 is 0 Å². The highest BCUT2D eigenvalue weighted by molar-refractivity contribution is 9.10. The minimum absolute atomic E-state index is 0.000304. The molecule has 0 aliphatic heterocycles. The zero-order chi connectivity index (χ0) is 20.8. The van der Waals surface area contributed by atoms with Crippen LogP contribution < -0.4 is 4.74 Å². The van der Waals surface area contributed by atoms with Gasteiger partial charge in [-0.2, -0.15) is 5.26 Å². The molecule has 144 valence electrons. The van der Waals surface area contributed by atoms with Gasteiger partial charge in [-0.3, -0.25) is 14.9 Å². The van der Waals surface area contributed by atoms with Crippen LogP contribution in [0.5, 0.6) is 5.75 Å². The Morgan fingerprint density at radius 2 is 2.00 bits per heavy atom. The van der Waals surface area contributed by atoms with E-state index in [9.17, 15) is 20.2 Å². The summed E-state index contributed by atoms with van der Waals surface area (Å²) in [7, 11) is 3.12. The maximum atomic E-state index is 12.0. The highest BCUT2D eigenvalue weighted by Crippen LogP contribution is 2.35. The molecule has 0 saturated carbocycles. The van der Waals surface area contributed by atoms with Crippen molar-refractivity contribution < 1.29 is 14.5 Å². The fourth-order valence-electron chi connectivity index (χ4n) is 2.22. The maximum absolute atomic E-state index is 12.0. The number of nitriles is 1. The molecule has 2 aromatic carbocycles. The SMILES string of the molecule is CN(C)C(=O)/C(C#N)=C\c1cc(Cl)c(OCc2ccc([N+](=O)[O-])cc2)c(Br)c1. The summed E-state index contributed by atoms with van der Waals surface area (Å²) in [6.45, 7) is 0.161. The Kier molecular flexibility index (Phi) is 7.15. The van der Waals surface area contributed by atoms with E-state index < -0.39 is 10.8 Å². The van der Waals surface area contributed by atoms with E-state index in [-0.39, 0.29) is 22.9 Å². The standard InChI is InChI=1S/C19H15BrClN3O4/c1-23(2)19(25)14(10-22)7-13-8-16(20)18(17(21)9-13)28-11-12-3-5-15(6-4-12)24(26)27/h3-9H,11H2,1-2H3/b14-7-. The quantitative estimate of drug-likeness (QED) is 0.270. The first-order chi connectivity index (χ1) is 13.2. The largest absolute Gasteiger partial charge is 0.486 e. The Balaban J connectivity index is 2.20. The molecule has 28 heavy (non-hydrogen) atoms. The lowest BCUT2D eigenvalue weighted by Gasteiger charge is -2.12. The monoisotopic (exact) mass is 463 g/mol. The van der Waals surface area contributed by atoms with E-state index in [4.69, 9.17) is 16.3 Å². The van der Waals surface area contributed by atoms with Gasteiger partial charge in [-0.15, -0.1) is 0 Å². The molecule has 0 atom stereocenters. The summed E-state index contributed by atoms with van der Waals surface area (Å²) >= 11 is 9.66. The van der Waals surface area contributed by atoms with Crippen LogP contribution in [0.4, 0.5) is 5.69 Å². The Labute approximate surface area is 175 Å². The zero-order valence-corrected chi connectivity index (χ0v) is 17.3. The van der Waals surface area contributed by atoms with Gasteiger partial charge in [0.2, 0.25) is 0 Å². The summed E-state index contributed by atoms with van der Waals surface area (Å²) in [6, 6.07) is 11.1. The minimum Gasteiger partial charge on any atom is -0.486 e. The number of benzene rings is 2. The van der Waals surface area contributed by atoms with Crippen LogP contribution in [0.1, 0.15) is 11.1 Å². The van der Waals surface area contributed by atoms with Gasteiger partial charge in [-0.1, -0.05) is 11.6 Å². The summed E-state index contributed by atoms with van der Waals surface area (Å²) in [6.07, 6.45) is 1.44. The molecule has 0 bridgehead atoms. The van der Waals surface area contributed by atoms with E-state index in [2.05, 4.69) is 15.9 Å². The van der Waals surface area contributed by atoms with Crippen molar-refractivity contribution in [3.63, 3.8) is 0 Å². The molecule has 2 rings (SSSR count). The van der Waals surface area contributed by atoms with Crippen molar-refractivity contribution in [3.05, 3.63) is 72.7 Å². The van der Waals surface area contributed by atoms with Crippen molar-refractivity contribution in [2.45, 2.75) is 6.61 Å². The van der Waals surface area contributed by atoms with Crippen LogP contribution in [-0.2, 0) is 11.4 Å². The number of nitro benzene ring substituents is 1. The lowest BCUT2D eigenvalue weighted by atomic mass is 10.1. The molecule has 0 heterocycles. The van der Waals surface area contributed by atoms with Crippen LogP contribution in [0.15, 0.2) is 46.4 Å². The summed E-state index contributed by atoms with van der Waals surface area (Å²) < 4.78 is 6.26. The number of carbonyl (C=O) groups is 1. The average Bonchev–Trinajstić information content (AvgIpc) is 2.65. The molecule has 0 aromatic heterocycles. The highest BCUT2D eigenvalue weighted by Gasteiger charge is 2.14. The molecule has 2 aromatic rings. The first kappa shape index (κ1) is 21.4. The Morgan fingerprint density at radius 1 is 1.36 bits per heavy atom. The van der Waals surface area contributed by atoms with E-state index in [1.807, 2.05) is 6.07 Å². The number of nitrogens with zero attached hydrogens (tertiary/aromatic N) is 3. The fraction of sp³-hybridized carbons (Fsp3) is 0.158. The van der Waals surface area contributed by atoms with E-state index in [0.717, 1.165) is 5.56 Å². The van der Waals surface area contributed by atoms with Crippen molar-refractivity contribution in [1.82, 2.24) is 4.90 Å². The van der Waals surface area contributed by atoms with Crippen LogP contribution in [0.3, 0.4) is 0 Å². The van der Waals surface area contributed by atoms with Crippen LogP contribution >= 0.6 is 27.5 Å². The first-order valence-corrected chi connectivity index (χ1v) is 9.08. The summed E-state index contributed by atoms with van der Waals surface area (Å²) in [5.74, 6) is -0.0251. The van der Waals surface area contributed by atoms with E-state index in [1.54, 1.807) is 38.4 Å². The predicted molar refractivity (Wildman–Crippen MR) is 109 cm³/mol. The molecular weight excluding hydrogens is 450 g/mol. The number of non-ortho nitro benzene ring substituents is 1. The third kappa shape index (κ3) is 5.31. The predicted octanol–water partition coefficient (Wildman–Crippen LogP) is 4.58. The van der Waals surface area contributed by atoms with Gasteiger partial charge in [0.25, 0.3) is 11.6 Å². The smallest absolute Gasteiger partial charge is 0.269 e. The number of rotatable bonds is 6. The number of likely N-dealkylation sites (N-methyl/N-ethyl adjacent to an activating group) is 1. The number of ether oxygens (including phenoxy) is 1. The molecular formula is C19H15BrClN3O4. The van der Waals surface area contributed by atoms with Gasteiger partial charge in [0, 0.05) is 26.2 Å². The number of hydrogen-bond donors (Lipinski definition) is 0. The molecule has 0 unspecified atom stereocenters. The molecule has 9 heteroatoms. The molecule has 0 saturated heterocycles. The number of amides is 1. The molecule has 0 radical (unpaired) electrons. The van der Waals surface area contributed by atoms with Crippen LogP contribution in [0, 0.1) is 21.4 Å². The second-order valence-corrected chi connectivity index (χ2v) is 7.16. The Morgan fingerprint density at radius 3 is 2.50 bits per heavy atom. The first-order valence-electron chi connectivity index (χ1n) is 7.91. The van der Waals surface area contributed by atoms with Gasteiger partial charge in [0.15, 0.2) is 5.75 Å². The summed E-state index contributed by atoms with van der Waals surface area (Å²) in [5.41, 5.74) is 1.28. The van der Waals surface area contributed by atoms with Crippen molar-refractivity contribution in [2.75, 3.05) is 14.1 Å². The van der Waals surface area contributed by atoms with E-state index in [1.165, 1.54) is 23.1 Å². The van der Waals surface area contributed by atoms with Gasteiger partial charge < -0.3 is 9.64 Å². The molecule has 0 aliphatic rings. The topological polar surface area (TPSA) is 96.5 Å². The minimum atomic E-state index is -0.471. The van der Waals surface area contributed by atoms with E-state index >= 15 is 0 Å².